The number of likely N-dealkylation sites (N-methyl/N-ethyl adjacent to an activating group) is 1. The van der Waals surface area contributed by atoms with E-state index in [2.05, 4.69) is 10.6 Å². The Morgan fingerprint density at radius 3 is 2.63 bits per heavy atom. The van der Waals surface area contributed by atoms with E-state index < -0.39 is 6.10 Å². The molecular formula is C15H24N2O2. The summed E-state index contributed by atoms with van der Waals surface area (Å²) in [6, 6.07) is 7.98. The van der Waals surface area contributed by atoms with Crippen molar-refractivity contribution in [3.8, 4) is 5.75 Å². The molecule has 4 heteroatoms. The van der Waals surface area contributed by atoms with Crippen LogP contribution in [0.5, 0.6) is 5.75 Å². The van der Waals surface area contributed by atoms with Gasteiger partial charge >= 0.3 is 0 Å². The molecule has 106 valence electrons. The summed E-state index contributed by atoms with van der Waals surface area (Å²) in [6.07, 6.45) is 0.207. The lowest BCUT2D eigenvalue weighted by Gasteiger charge is -2.19. The zero-order chi connectivity index (χ0) is 14.3. The van der Waals surface area contributed by atoms with Gasteiger partial charge in [0.25, 0.3) is 5.91 Å². The number of aryl methyl sites for hydroxylation is 1. The molecule has 1 rings (SSSR count). The summed E-state index contributed by atoms with van der Waals surface area (Å²) >= 11 is 0. The highest BCUT2D eigenvalue weighted by atomic mass is 16.5. The van der Waals surface area contributed by atoms with Crippen molar-refractivity contribution >= 4 is 5.91 Å². The van der Waals surface area contributed by atoms with Crippen LogP contribution in [0.15, 0.2) is 24.3 Å². The molecule has 1 aromatic carbocycles. The minimum Gasteiger partial charge on any atom is -0.480 e. The van der Waals surface area contributed by atoms with E-state index in [4.69, 9.17) is 4.74 Å². The molecule has 0 saturated carbocycles. The number of benzene rings is 1. The van der Waals surface area contributed by atoms with Crippen molar-refractivity contribution in [3.63, 3.8) is 0 Å². The summed E-state index contributed by atoms with van der Waals surface area (Å²) in [7, 11) is 1.87. The summed E-state index contributed by atoms with van der Waals surface area (Å²) in [5, 5.41) is 5.98. The predicted molar refractivity (Wildman–Crippen MR) is 77.4 cm³/mol. The topological polar surface area (TPSA) is 50.4 Å². The first-order valence-electron chi connectivity index (χ1n) is 6.75. The average molecular weight is 264 g/mol. The second-order valence-corrected chi connectivity index (χ2v) is 4.72. The van der Waals surface area contributed by atoms with Crippen molar-refractivity contribution in [2.24, 2.45) is 0 Å². The molecule has 4 nitrogen and oxygen atoms in total. The fourth-order valence-electron chi connectivity index (χ4n) is 1.63. The lowest BCUT2D eigenvalue weighted by Crippen LogP contribution is -2.43. The summed E-state index contributed by atoms with van der Waals surface area (Å²) in [6.45, 7) is 6.54. The van der Waals surface area contributed by atoms with E-state index in [0.717, 1.165) is 11.3 Å². The van der Waals surface area contributed by atoms with E-state index in [0.29, 0.717) is 13.0 Å². The quantitative estimate of drug-likeness (QED) is 0.790. The molecule has 1 amide bonds. The van der Waals surface area contributed by atoms with Gasteiger partial charge in [-0.1, -0.05) is 25.1 Å². The maximum atomic E-state index is 12.0. The van der Waals surface area contributed by atoms with E-state index in [-0.39, 0.29) is 11.9 Å². The first-order chi connectivity index (χ1) is 9.08. The van der Waals surface area contributed by atoms with Gasteiger partial charge in [-0.25, -0.2) is 0 Å². The third kappa shape index (κ3) is 4.91. The van der Waals surface area contributed by atoms with Crippen LogP contribution >= 0.6 is 0 Å². The summed E-state index contributed by atoms with van der Waals surface area (Å²) in [4.78, 5) is 12.0. The molecule has 0 aliphatic carbocycles. The van der Waals surface area contributed by atoms with Crippen molar-refractivity contribution in [1.82, 2.24) is 10.6 Å². The van der Waals surface area contributed by atoms with Gasteiger partial charge in [0.15, 0.2) is 6.10 Å². The molecule has 0 bridgehead atoms. The van der Waals surface area contributed by atoms with Gasteiger partial charge in [0, 0.05) is 12.6 Å². The van der Waals surface area contributed by atoms with Crippen LogP contribution in [0, 0.1) is 6.92 Å². The maximum Gasteiger partial charge on any atom is 0.261 e. The van der Waals surface area contributed by atoms with Crippen molar-refractivity contribution in [2.45, 2.75) is 39.3 Å². The van der Waals surface area contributed by atoms with Gasteiger partial charge in [0.2, 0.25) is 0 Å². The smallest absolute Gasteiger partial charge is 0.261 e. The van der Waals surface area contributed by atoms with Crippen LogP contribution in [0.25, 0.3) is 0 Å². The molecule has 0 heterocycles. The van der Waals surface area contributed by atoms with Gasteiger partial charge in [-0.3, -0.25) is 4.79 Å². The highest BCUT2D eigenvalue weighted by Crippen LogP contribution is 2.18. The number of rotatable bonds is 7. The van der Waals surface area contributed by atoms with Crippen LogP contribution < -0.4 is 15.4 Å². The third-order valence-corrected chi connectivity index (χ3v) is 3.10. The Kier molecular flexibility index (Phi) is 6.36. The summed E-state index contributed by atoms with van der Waals surface area (Å²) in [5.41, 5.74) is 1.04. The van der Waals surface area contributed by atoms with E-state index >= 15 is 0 Å². The highest BCUT2D eigenvalue weighted by Gasteiger charge is 2.19. The molecule has 1 aromatic rings. The first kappa shape index (κ1) is 15.5. The van der Waals surface area contributed by atoms with E-state index in [1.807, 2.05) is 52.1 Å². The first-order valence-corrected chi connectivity index (χ1v) is 6.75. The molecule has 0 radical (unpaired) electrons. The molecule has 0 spiro atoms. The Morgan fingerprint density at radius 2 is 2.05 bits per heavy atom. The molecule has 2 atom stereocenters. The number of hydrogen-bond acceptors (Lipinski definition) is 3. The lowest BCUT2D eigenvalue weighted by molar-refractivity contribution is -0.128. The fraction of sp³-hybridized carbons (Fsp3) is 0.533. The van der Waals surface area contributed by atoms with Crippen molar-refractivity contribution < 1.29 is 9.53 Å². The number of hydrogen-bond donors (Lipinski definition) is 2. The molecule has 2 unspecified atom stereocenters. The van der Waals surface area contributed by atoms with Crippen molar-refractivity contribution in [3.05, 3.63) is 29.8 Å². The number of nitrogens with one attached hydrogen (secondary N) is 2. The Morgan fingerprint density at radius 1 is 1.37 bits per heavy atom. The van der Waals surface area contributed by atoms with Gasteiger partial charge in [0.05, 0.1) is 0 Å². The minimum absolute atomic E-state index is 0.0622. The van der Waals surface area contributed by atoms with E-state index in [9.17, 15) is 4.79 Å². The number of ether oxygens (including phenoxy) is 1. The van der Waals surface area contributed by atoms with Gasteiger partial charge in [-0.15, -0.1) is 0 Å². The van der Waals surface area contributed by atoms with Crippen molar-refractivity contribution in [1.29, 1.82) is 0 Å². The average Bonchev–Trinajstić information content (AvgIpc) is 2.43. The number of carbonyl (C=O) groups is 1. The zero-order valence-electron chi connectivity index (χ0n) is 12.2. The normalized spacial score (nSPS) is 13.7. The minimum atomic E-state index is -0.440. The van der Waals surface area contributed by atoms with Crippen molar-refractivity contribution in [2.75, 3.05) is 13.6 Å². The molecule has 0 saturated heterocycles. The fourth-order valence-corrected chi connectivity index (χ4v) is 1.63. The Bertz CT molecular complexity index is 407. The molecule has 0 fully saturated rings. The van der Waals surface area contributed by atoms with Crippen LogP contribution in [0.2, 0.25) is 0 Å². The molecule has 19 heavy (non-hydrogen) atoms. The molecule has 0 aliphatic rings. The van der Waals surface area contributed by atoms with E-state index in [1.54, 1.807) is 0 Å². The zero-order valence-corrected chi connectivity index (χ0v) is 12.2. The van der Waals surface area contributed by atoms with Crippen LogP contribution in [0.4, 0.5) is 0 Å². The Balaban J connectivity index is 2.58. The summed E-state index contributed by atoms with van der Waals surface area (Å²) in [5.74, 6) is 0.707. The Labute approximate surface area is 115 Å². The lowest BCUT2D eigenvalue weighted by atomic mass is 10.2. The molecule has 0 aromatic heterocycles. The van der Waals surface area contributed by atoms with Crippen LogP contribution in [-0.4, -0.2) is 31.6 Å². The van der Waals surface area contributed by atoms with Gasteiger partial charge in [0.1, 0.15) is 5.75 Å². The summed E-state index contributed by atoms with van der Waals surface area (Å²) < 4.78 is 5.79. The molecular weight excluding hydrogens is 240 g/mol. The third-order valence-electron chi connectivity index (χ3n) is 3.10. The largest absolute Gasteiger partial charge is 0.480 e. The molecule has 2 N–H and O–H groups in total. The van der Waals surface area contributed by atoms with Gasteiger partial charge in [-0.05, 0) is 38.9 Å². The number of amides is 1. The van der Waals surface area contributed by atoms with Crippen LogP contribution in [0.3, 0.4) is 0 Å². The second kappa shape index (κ2) is 7.79. The number of carbonyl (C=O) groups excluding carboxylic acids is 1. The van der Waals surface area contributed by atoms with E-state index in [1.165, 1.54) is 0 Å². The van der Waals surface area contributed by atoms with Crippen LogP contribution in [-0.2, 0) is 4.79 Å². The van der Waals surface area contributed by atoms with Gasteiger partial charge in [-0.2, -0.15) is 0 Å². The second-order valence-electron chi connectivity index (χ2n) is 4.72. The SMILES string of the molecule is CCC(Oc1ccccc1C)C(=O)NCC(C)NC. The molecule has 0 aliphatic heterocycles. The maximum absolute atomic E-state index is 12.0. The van der Waals surface area contributed by atoms with Gasteiger partial charge < -0.3 is 15.4 Å². The number of para-hydroxylation sites is 1. The highest BCUT2D eigenvalue weighted by molar-refractivity contribution is 5.81. The van der Waals surface area contributed by atoms with Crippen LogP contribution in [0.1, 0.15) is 25.8 Å². The predicted octanol–water partition coefficient (Wildman–Crippen LogP) is 1.88. The Hall–Kier alpha value is -1.55. The standard InChI is InChI=1S/C15H24N2O2/c1-5-13(15(18)17-10-12(3)16-4)19-14-9-7-6-8-11(14)2/h6-9,12-13,16H,5,10H2,1-4H3,(H,17,18). The monoisotopic (exact) mass is 264 g/mol.